The first-order valence-corrected chi connectivity index (χ1v) is 7.88. The number of halogens is 2. The first kappa shape index (κ1) is 17.0. The molecular weight excluding hydrogens is 307 g/mol. The second kappa shape index (κ2) is 7.30. The van der Waals surface area contributed by atoms with Gasteiger partial charge in [0.2, 0.25) is 0 Å². The van der Waals surface area contributed by atoms with Crippen LogP contribution in [0.25, 0.3) is 0 Å². The van der Waals surface area contributed by atoms with Crippen LogP contribution in [0.15, 0.2) is 18.2 Å². The van der Waals surface area contributed by atoms with E-state index in [0.717, 1.165) is 36.9 Å². The van der Waals surface area contributed by atoms with Crippen molar-refractivity contribution in [3.63, 3.8) is 0 Å². The first-order valence-electron chi connectivity index (χ1n) is 7.50. The lowest BCUT2D eigenvalue weighted by molar-refractivity contribution is -0.0244. The molecule has 1 N–H and O–H groups in total. The number of hydrogen-bond donors (Lipinski definition) is 1. The van der Waals surface area contributed by atoms with Crippen LogP contribution in [-0.2, 0) is 4.74 Å². The molecule has 118 valence electrons. The molecule has 3 rings (SSSR count). The van der Waals surface area contributed by atoms with Gasteiger partial charge < -0.3 is 10.1 Å². The molecule has 2 saturated heterocycles. The molecule has 2 heterocycles. The standard InChI is InChI=1S/C16H23ClN2O.ClH/c1-11-4-3-5-13(15(11)17)16-14(6-7-18-16)19-8-9-20-10-12(19)2;/h3-5,12,14,16,18H,6-10H2,1-2H3;1H/t12?,14-,16-;/m0./s1. The number of ether oxygens (including phenoxy) is 1. The van der Waals surface area contributed by atoms with E-state index >= 15 is 0 Å². The highest BCUT2D eigenvalue weighted by Crippen LogP contribution is 2.35. The maximum Gasteiger partial charge on any atom is 0.0619 e. The highest BCUT2D eigenvalue weighted by Gasteiger charge is 2.37. The van der Waals surface area contributed by atoms with Crippen LogP contribution in [0.5, 0.6) is 0 Å². The SMILES string of the molecule is Cc1cccc([C@@H]2NCC[C@@H]2N2CCOCC2C)c1Cl.Cl. The summed E-state index contributed by atoms with van der Waals surface area (Å²) < 4.78 is 5.57. The smallest absolute Gasteiger partial charge is 0.0619 e. The minimum atomic E-state index is 0. The van der Waals surface area contributed by atoms with Gasteiger partial charge in [0.1, 0.15) is 0 Å². The van der Waals surface area contributed by atoms with Crippen LogP contribution in [0.2, 0.25) is 5.02 Å². The number of aryl methyl sites for hydroxylation is 1. The van der Waals surface area contributed by atoms with Crippen molar-refractivity contribution in [2.24, 2.45) is 0 Å². The molecule has 1 unspecified atom stereocenters. The molecular formula is C16H24Cl2N2O. The van der Waals surface area contributed by atoms with Gasteiger partial charge in [-0.05, 0) is 37.9 Å². The summed E-state index contributed by atoms with van der Waals surface area (Å²) in [5.41, 5.74) is 2.40. The van der Waals surface area contributed by atoms with Crippen LogP contribution in [-0.4, -0.2) is 43.3 Å². The quantitative estimate of drug-likeness (QED) is 0.901. The summed E-state index contributed by atoms with van der Waals surface area (Å²) in [7, 11) is 0. The van der Waals surface area contributed by atoms with Crippen LogP contribution in [0, 0.1) is 6.92 Å². The Labute approximate surface area is 138 Å². The van der Waals surface area contributed by atoms with Crippen LogP contribution >= 0.6 is 24.0 Å². The zero-order chi connectivity index (χ0) is 14.1. The third-order valence-electron chi connectivity index (χ3n) is 4.59. The van der Waals surface area contributed by atoms with Gasteiger partial charge in [-0.3, -0.25) is 4.90 Å². The summed E-state index contributed by atoms with van der Waals surface area (Å²) in [5, 5.41) is 4.56. The van der Waals surface area contributed by atoms with Gasteiger partial charge >= 0.3 is 0 Å². The number of hydrogen-bond acceptors (Lipinski definition) is 3. The Bertz CT molecular complexity index is 483. The monoisotopic (exact) mass is 330 g/mol. The summed E-state index contributed by atoms with van der Waals surface area (Å²) in [6.07, 6.45) is 1.18. The van der Waals surface area contributed by atoms with E-state index in [1.165, 1.54) is 12.0 Å². The van der Waals surface area contributed by atoms with Crippen molar-refractivity contribution < 1.29 is 4.74 Å². The summed E-state index contributed by atoms with van der Waals surface area (Å²) >= 11 is 6.53. The van der Waals surface area contributed by atoms with E-state index < -0.39 is 0 Å². The Hall–Kier alpha value is -0.320. The first-order chi connectivity index (χ1) is 9.68. The van der Waals surface area contributed by atoms with E-state index in [1.807, 2.05) is 0 Å². The normalized spacial score (nSPS) is 30.1. The average Bonchev–Trinajstić information content (AvgIpc) is 2.91. The lowest BCUT2D eigenvalue weighted by Gasteiger charge is -2.40. The second-order valence-corrected chi connectivity index (χ2v) is 6.31. The van der Waals surface area contributed by atoms with E-state index in [4.69, 9.17) is 16.3 Å². The van der Waals surface area contributed by atoms with Crippen LogP contribution < -0.4 is 5.32 Å². The maximum atomic E-state index is 6.53. The molecule has 0 aromatic heterocycles. The van der Waals surface area contributed by atoms with Crippen LogP contribution in [0.4, 0.5) is 0 Å². The zero-order valence-electron chi connectivity index (χ0n) is 12.6. The predicted octanol–water partition coefficient (Wildman–Crippen LogP) is 3.19. The molecule has 2 aliphatic rings. The van der Waals surface area contributed by atoms with Crippen molar-refractivity contribution in [1.82, 2.24) is 10.2 Å². The largest absolute Gasteiger partial charge is 0.379 e. The molecule has 2 fully saturated rings. The summed E-state index contributed by atoms with van der Waals surface area (Å²) in [5.74, 6) is 0. The van der Waals surface area contributed by atoms with Crippen LogP contribution in [0.3, 0.4) is 0 Å². The number of rotatable bonds is 2. The number of benzene rings is 1. The van der Waals surface area contributed by atoms with Crippen molar-refractivity contribution in [3.8, 4) is 0 Å². The second-order valence-electron chi connectivity index (χ2n) is 5.93. The van der Waals surface area contributed by atoms with Crippen molar-refractivity contribution in [3.05, 3.63) is 34.3 Å². The molecule has 3 atom stereocenters. The Morgan fingerprint density at radius 2 is 2.19 bits per heavy atom. The molecule has 2 aliphatic heterocycles. The van der Waals surface area contributed by atoms with Crippen molar-refractivity contribution in [1.29, 1.82) is 0 Å². The molecule has 21 heavy (non-hydrogen) atoms. The fourth-order valence-corrected chi connectivity index (χ4v) is 3.75. The topological polar surface area (TPSA) is 24.5 Å². The summed E-state index contributed by atoms with van der Waals surface area (Å²) in [6.45, 7) is 8.09. The predicted molar refractivity (Wildman–Crippen MR) is 89.6 cm³/mol. The Morgan fingerprint density at radius 1 is 1.38 bits per heavy atom. The molecule has 1 aromatic carbocycles. The summed E-state index contributed by atoms with van der Waals surface area (Å²) in [4.78, 5) is 2.59. The van der Waals surface area contributed by atoms with Gasteiger partial charge in [0.05, 0.1) is 13.2 Å². The van der Waals surface area contributed by atoms with Crippen molar-refractivity contribution in [2.75, 3.05) is 26.3 Å². The highest BCUT2D eigenvalue weighted by molar-refractivity contribution is 6.32. The van der Waals surface area contributed by atoms with Gasteiger partial charge in [-0.2, -0.15) is 0 Å². The third-order valence-corrected chi connectivity index (χ3v) is 5.11. The maximum absolute atomic E-state index is 6.53. The minimum absolute atomic E-state index is 0. The number of nitrogens with zero attached hydrogens (tertiary/aromatic N) is 1. The fraction of sp³-hybridized carbons (Fsp3) is 0.625. The molecule has 3 nitrogen and oxygen atoms in total. The Balaban J connectivity index is 0.00000161. The van der Waals surface area contributed by atoms with Gasteiger partial charge in [0.15, 0.2) is 0 Å². The molecule has 5 heteroatoms. The molecule has 0 bridgehead atoms. The molecule has 0 radical (unpaired) electrons. The van der Waals surface area contributed by atoms with E-state index in [0.29, 0.717) is 18.1 Å². The molecule has 0 amide bonds. The molecule has 0 spiro atoms. The van der Waals surface area contributed by atoms with Crippen LogP contribution in [0.1, 0.15) is 30.5 Å². The lowest BCUT2D eigenvalue weighted by Crippen LogP contribution is -2.50. The van der Waals surface area contributed by atoms with E-state index in [9.17, 15) is 0 Å². The molecule has 1 aromatic rings. The van der Waals surface area contributed by atoms with Crippen molar-refractivity contribution >= 4 is 24.0 Å². The zero-order valence-corrected chi connectivity index (χ0v) is 14.2. The van der Waals surface area contributed by atoms with E-state index in [2.05, 4.69) is 42.3 Å². The van der Waals surface area contributed by atoms with E-state index in [-0.39, 0.29) is 12.4 Å². The highest BCUT2D eigenvalue weighted by atomic mass is 35.5. The number of morpholine rings is 1. The molecule has 0 aliphatic carbocycles. The van der Waals surface area contributed by atoms with Gasteiger partial charge in [0.25, 0.3) is 0 Å². The third kappa shape index (κ3) is 3.38. The lowest BCUT2D eigenvalue weighted by atomic mass is 9.96. The van der Waals surface area contributed by atoms with Gasteiger partial charge in [0, 0.05) is 29.7 Å². The minimum Gasteiger partial charge on any atom is -0.379 e. The summed E-state index contributed by atoms with van der Waals surface area (Å²) in [6, 6.07) is 7.69. The Morgan fingerprint density at radius 3 is 2.95 bits per heavy atom. The van der Waals surface area contributed by atoms with Gasteiger partial charge in [-0.1, -0.05) is 29.8 Å². The Kier molecular flexibility index (Phi) is 5.92. The van der Waals surface area contributed by atoms with Gasteiger partial charge in [-0.25, -0.2) is 0 Å². The molecule has 0 saturated carbocycles. The van der Waals surface area contributed by atoms with Gasteiger partial charge in [-0.15, -0.1) is 12.4 Å². The number of nitrogens with one attached hydrogen (secondary N) is 1. The van der Waals surface area contributed by atoms with Crippen molar-refractivity contribution in [2.45, 2.75) is 38.4 Å². The van der Waals surface area contributed by atoms with E-state index in [1.54, 1.807) is 0 Å². The average molecular weight is 331 g/mol. The fourth-order valence-electron chi connectivity index (χ4n) is 3.51.